The number of likely N-dealkylation sites (tertiary alicyclic amines) is 1. The number of nitro benzene ring substituents is 1. The molecule has 28 heavy (non-hydrogen) atoms. The molecule has 2 aromatic rings. The Morgan fingerprint density at radius 1 is 1.21 bits per heavy atom. The Hall–Kier alpha value is -2.93. The fourth-order valence-corrected chi connectivity index (χ4v) is 3.57. The van der Waals surface area contributed by atoms with Crippen LogP contribution >= 0.6 is 0 Å². The predicted molar refractivity (Wildman–Crippen MR) is 108 cm³/mol. The fourth-order valence-electron chi connectivity index (χ4n) is 3.57. The molecule has 0 aromatic heterocycles. The Labute approximate surface area is 164 Å². The zero-order valence-corrected chi connectivity index (χ0v) is 16.2. The maximum absolute atomic E-state index is 12.8. The number of hydrogen-bond donors (Lipinski definition) is 0. The molecule has 7 nitrogen and oxygen atoms in total. The Kier molecular flexibility index (Phi) is 6.26. The Morgan fingerprint density at radius 3 is 2.50 bits per heavy atom. The fraction of sp³-hybridized carbons (Fsp3) is 0.381. The van der Waals surface area contributed by atoms with Crippen LogP contribution in [0.1, 0.15) is 31.4 Å². The third-order valence-electron chi connectivity index (χ3n) is 5.10. The van der Waals surface area contributed by atoms with Crippen molar-refractivity contribution in [2.75, 3.05) is 31.6 Å². The van der Waals surface area contributed by atoms with Gasteiger partial charge in [-0.05, 0) is 56.1 Å². The molecule has 1 aliphatic rings. The molecular weight excluding hydrogens is 358 g/mol. The molecule has 2 aromatic carbocycles. The van der Waals surface area contributed by atoms with Crippen LogP contribution in [0.4, 0.5) is 11.4 Å². The number of carbonyl (C=O) groups excluding carboxylic acids is 1. The van der Waals surface area contributed by atoms with E-state index in [1.807, 2.05) is 19.1 Å². The third kappa shape index (κ3) is 4.48. The van der Waals surface area contributed by atoms with Gasteiger partial charge in [0, 0.05) is 30.9 Å². The van der Waals surface area contributed by atoms with Crippen LogP contribution in [0.5, 0.6) is 5.75 Å². The summed E-state index contributed by atoms with van der Waals surface area (Å²) in [7, 11) is 1.70. The van der Waals surface area contributed by atoms with Crippen LogP contribution in [0.25, 0.3) is 0 Å². The smallest absolute Gasteiger partial charge is 0.269 e. The third-order valence-corrected chi connectivity index (χ3v) is 5.10. The Bertz CT molecular complexity index is 821. The van der Waals surface area contributed by atoms with Gasteiger partial charge in [0.15, 0.2) is 0 Å². The van der Waals surface area contributed by atoms with Crippen LogP contribution < -0.4 is 9.64 Å². The van der Waals surface area contributed by atoms with Crippen molar-refractivity contribution in [3.05, 3.63) is 64.2 Å². The normalized spacial score (nSPS) is 16.7. The summed E-state index contributed by atoms with van der Waals surface area (Å²) >= 11 is 0. The van der Waals surface area contributed by atoms with Crippen molar-refractivity contribution in [2.45, 2.75) is 25.8 Å². The maximum atomic E-state index is 12.8. The van der Waals surface area contributed by atoms with Gasteiger partial charge in [-0.15, -0.1) is 0 Å². The zero-order chi connectivity index (χ0) is 20.1. The quantitative estimate of drug-likeness (QED) is 0.537. The van der Waals surface area contributed by atoms with Gasteiger partial charge in [-0.2, -0.15) is 0 Å². The number of nitro groups is 1. The number of benzene rings is 2. The highest BCUT2D eigenvalue weighted by atomic mass is 16.6. The maximum Gasteiger partial charge on any atom is 0.269 e. The van der Waals surface area contributed by atoms with Crippen LogP contribution in [0, 0.1) is 10.1 Å². The van der Waals surface area contributed by atoms with Gasteiger partial charge < -0.3 is 9.64 Å². The average Bonchev–Trinajstić information content (AvgIpc) is 3.16. The summed E-state index contributed by atoms with van der Waals surface area (Å²) < 4.78 is 5.50. The van der Waals surface area contributed by atoms with Gasteiger partial charge in [0.05, 0.1) is 18.1 Å². The molecule has 0 N–H and O–H groups in total. The number of carbonyl (C=O) groups is 1. The first-order chi connectivity index (χ1) is 13.5. The summed E-state index contributed by atoms with van der Waals surface area (Å²) in [6.07, 6.45) is 2.06. The number of rotatable bonds is 7. The van der Waals surface area contributed by atoms with Crippen molar-refractivity contribution in [1.29, 1.82) is 0 Å². The van der Waals surface area contributed by atoms with E-state index in [2.05, 4.69) is 17.0 Å². The summed E-state index contributed by atoms with van der Waals surface area (Å²) in [4.78, 5) is 26.8. The van der Waals surface area contributed by atoms with E-state index in [1.165, 1.54) is 17.7 Å². The summed E-state index contributed by atoms with van der Waals surface area (Å²) in [6, 6.07) is 14.3. The Balaban J connectivity index is 1.65. The minimum absolute atomic E-state index is 0.0136. The van der Waals surface area contributed by atoms with Crippen LogP contribution in [0.2, 0.25) is 0 Å². The molecule has 1 heterocycles. The number of hydrogen-bond acceptors (Lipinski definition) is 5. The molecule has 1 atom stereocenters. The second kappa shape index (κ2) is 8.84. The van der Waals surface area contributed by atoms with Gasteiger partial charge in [-0.3, -0.25) is 19.8 Å². The number of nitrogens with zero attached hydrogens (tertiary/aromatic N) is 3. The van der Waals surface area contributed by atoms with Crippen LogP contribution in [-0.2, 0) is 4.79 Å². The predicted octanol–water partition coefficient (Wildman–Crippen LogP) is 3.79. The van der Waals surface area contributed by atoms with E-state index in [-0.39, 0.29) is 17.6 Å². The van der Waals surface area contributed by atoms with Crippen molar-refractivity contribution in [3.8, 4) is 5.75 Å². The second-order valence-electron chi connectivity index (χ2n) is 6.86. The molecule has 0 saturated carbocycles. The molecule has 148 valence electrons. The standard InChI is InChI=1S/C21H25N3O4/c1-3-28-19-12-6-16(7-13-19)20-5-4-14-23(20)15-21(25)22(2)17-8-10-18(11-9-17)24(26)27/h6-13,20H,3-5,14-15H2,1-2H3/t20-/m0/s1. The molecule has 0 radical (unpaired) electrons. The van der Waals surface area contributed by atoms with Gasteiger partial charge in [0.2, 0.25) is 5.91 Å². The molecule has 0 aliphatic carbocycles. The highest BCUT2D eigenvalue weighted by molar-refractivity contribution is 5.94. The highest BCUT2D eigenvalue weighted by Crippen LogP contribution is 2.32. The zero-order valence-electron chi connectivity index (χ0n) is 16.2. The average molecular weight is 383 g/mol. The van der Waals surface area contributed by atoms with Crippen LogP contribution in [0.15, 0.2) is 48.5 Å². The molecule has 0 unspecified atom stereocenters. The minimum Gasteiger partial charge on any atom is -0.494 e. The van der Waals surface area contributed by atoms with E-state index in [0.29, 0.717) is 18.8 Å². The Morgan fingerprint density at radius 2 is 1.89 bits per heavy atom. The van der Waals surface area contributed by atoms with Crippen molar-refractivity contribution in [2.24, 2.45) is 0 Å². The number of anilines is 1. The topological polar surface area (TPSA) is 75.9 Å². The lowest BCUT2D eigenvalue weighted by Crippen LogP contribution is -2.38. The first-order valence-corrected chi connectivity index (χ1v) is 9.47. The van der Waals surface area contributed by atoms with E-state index in [0.717, 1.165) is 25.1 Å². The molecule has 3 rings (SSSR count). The van der Waals surface area contributed by atoms with Gasteiger partial charge in [-0.25, -0.2) is 0 Å². The summed E-state index contributed by atoms with van der Waals surface area (Å²) in [5, 5.41) is 10.8. The molecule has 1 fully saturated rings. The second-order valence-corrected chi connectivity index (χ2v) is 6.86. The van der Waals surface area contributed by atoms with Gasteiger partial charge in [0.25, 0.3) is 5.69 Å². The highest BCUT2D eigenvalue weighted by Gasteiger charge is 2.28. The number of non-ortho nitro benzene ring substituents is 1. The summed E-state index contributed by atoms with van der Waals surface area (Å²) in [5.74, 6) is 0.816. The minimum atomic E-state index is -0.447. The lowest BCUT2D eigenvalue weighted by Gasteiger charge is -2.27. The van der Waals surface area contributed by atoms with Crippen molar-refractivity contribution >= 4 is 17.3 Å². The molecule has 0 bridgehead atoms. The molecule has 0 spiro atoms. The van der Waals surface area contributed by atoms with Gasteiger partial charge in [-0.1, -0.05) is 12.1 Å². The van der Waals surface area contributed by atoms with E-state index < -0.39 is 4.92 Å². The SMILES string of the molecule is CCOc1ccc([C@@H]2CCCN2CC(=O)N(C)c2ccc([N+](=O)[O-])cc2)cc1. The van der Waals surface area contributed by atoms with Gasteiger partial charge >= 0.3 is 0 Å². The van der Waals surface area contributed by atoms with E-state index in [4.69, 9.17) is 4.74 Å². The molecule has 1 saturated heterocycles. The lowest BCUT2D eigenvalue weighted by atomic mass is 10.0. The molecule has 1 aliphatic heterocycles. The summed E-state index contributed by atoms with van der Waals surface area (Å²) in [6.45, 7) is 3.78. The first-order valence-electron chi connectivity index (χ1n) is 9.47. The molecular formula is C21H25N3O4. The van der Waals surface area contributed by atoms with Crippen LogP contribution in [-0.4, -0.2) is 42.5 Å². The van der Waals surface area contributed by atoms with Gasteiger partial charge in [0.1, 0.15) is 5.75 Å². The largest absolute Gasteiger partial charge is 0.494 e. The van der Waals surface area contributed by atoms with Crippen molar-refractivity contribution in [3.63, 3.8) is 0 Å². The lowest BCUT2D eigenvalue weighted by molar-refractivity contribution is -0.384. The molecule has 1 amide bonds. The van der Waals surface area contributed by atoms with E-state index in [9.17, 15) is 14.9 Å². The van der Waals surface area contributed by atoms with E-state index in [1.54, 1.807) is 24.1 Å². The van der Waals surface area contributed by atoms with E-state index >= 15 is 0 Å². The number of amides is 1. The number of ether oxygens (including phenoxy) is 1. The summed E-state index contributed by atoms with van der Waals surface area (Å²) in [5.41, 5.74) is 1.85. The number of likely N-dealkylation sites (N-methyl/N-ethyl adjacent to an activating group) is 1. The van der Waals surface area contributed by atoms with Crippen molar-refractivity contribution < 1.29 is 14.5 Å². The van der Waals surface area contributed by atoms with Crippen molar-refractivity contribution in [1.82, 2.24) is 4.90 Å². The first kappa shape index (κ1) is 19.8. The molecule has 7 heteroatoms. The van der Waals surface area contributed by atoms with Crippen LogP contribution in [0.3, 0.4) is 0 Å². The monoisotopic (exact) mass is 383 g/mol.